The van der Waals surface area contributed by atoms with E-state index in [0.717, 1.165) is 25.1 Å². The Kier molecular flexibility index (Phi) is 2.57. The van der Waals surface area contributed by atoms with Crippen molar-refractivity contribution in [2.45, 2.75) is 6.42 Å². The Bertz CT molecular complexity index is 384. The second-order valence-corrected chi connectivity index (χ2v) is 3.23. The molecule has 3 heteroatoms. The van der Waals surface area contributed by atoms with E-state index < -0.39 is 0 Å². The normalized spacial score (nSPS) is 15.8. The molecular weight excluding hydrogens is 174 g/mol. The molecule has 1 aliphatic rings. The Morgan fingerprint density at radius 1 is 1.43 bits per heavy atom. The predicted molar refractivity (Wildman–Crippen MR) is 54.4 cm³/mol. The topological polar surface area (TPSA) is 48.7 Å². The highest BCUT2D eigenvalue weighted by molar-refractivity contribution is 5.66. The molecule has 0 aliphatic carbocycles. The van der Waals surface area contributed by atoms with Gasteiger partial charge in [0, 0.05) is 12.7 Å². The van der Waals surface area contributed by atoms with Gasteiger partial charge in [0.1, 0.15) is 11.8 Å². The van der Waals surface area contributed by atoms with Crippen LogP contribution in [0, 0.1) is 11.3 Å². The molecule has 70 valence electrons. The van der Waals surface area contributed by atoms with Gasteiger partial charge in [-0.25, -0.2) is 4.98 Å². The van der Waals surface area contributed by atoms with E-state index in [2.05, 4.69) is 16.4 Å². The molecule has 1 aromatic heterocycles. The van der Waals surface area contributed by atoms with Gasteiger partial charge < -0.3 is 5.32 Å². The molecule has 0 atom stereocenters. The predicted octanol–water partition coefficient (Wildman–Crippen LogP) is 1.33. The SMILES string of the molecule is N#Cc1ccc(C2=CCNCC2)cn1. The van der Waals surface area contributed by atoms with Crippen LogP contribution in [0.4, 0.5) is 0 Å². The molecule has 0 saturated heterocycles. The summed E-state index contributed by atoms with van der Waals surface area (Å²) in [5, 5.41) is 11.9. The Morgan fingerprint density at radius 2 is 2.36 bits per heavy atom. The Balaban J connectivity index is 2.25. The minimum absolute atomic E-state index is 0.475. The summed E-state index contributed by atoms with van der Waals surface area (Å²) in [5.74, 6) is 0. The summed E-state index contributed by atoms with van der Waals surface area (Å²) in [5.41, 5.74) is 2.93. The van der Waals surface area contributed by atoms with Gasteiger partial charge in [-0.2, -0.15) is 5.26 Å². The molecule has 0 unspecified atom stereocenters. The monoisotopic (exact) mass is 185 g/mol. The lowest BCUT2D eigenvalue weighted by molar-refractivity contribution is 0.738. The van der Waals surface area contributed by atoms with Gasteiger partial charge in [0.05, 0.1) is 0 Å². The number of hydrogen-bond donors (Lipinski definition) is 1. The molecule has 0 radical (unpaired) electrons. The number of nitrogens with zero attached hydrogens (tertiary/aromatic N) is 2. The first kappa shape index (κ1) is 8.92. The van der Waals surface area contributed by atoms with Gasteiger partial charge in [0.2, 0.25) is 0 Å². The van der Waals surface area contributed by atoms with E-state index in [9.17, 15) is 0 Å². The number of pyridine rings is 1. The van der Waals surface area contributed by atoms with Crippen molar-refractivity contribution in [3.63, 3.8) is 0 Å². The van der Waals surface area contributed by atoms with Gasteiger partial charge in [-0.15, -0.1) is 0 Å². The zero-order chi connectivity index (χ0) is 9.80. The number of aromatic nitrogens is 1. The van der Waals surface area contributed by atoms with Crippen LogP contribution < -0.4 is 5.32 Å². The van der Waals surface area contributed by atoms with Gasteiger partial charge >= 0.3 is 0 Å². The van der Waals surface area contributed by atoms with Crippen molar-refractivity contribution in [3.8, 4) is 6.07 Å². The third kappa shape index (κ3) is 1.81. The third-order valence-electron chi connectivity index (χ3n) is 2.31. The molecular formula is C11H11N3. The summed E-state index contributed by atoms with van der Waals surface area (Å²) in [7, 11) is 0. The number of nitriles is 1. The summed E-state index contributed by atoms with van der Waals surface area (Å²) in [6.45, 7) is 1.95. The van der Waals surface area contributed by atoms with Crippen LogP contribution in [0.1, 0.15) is 17.7 Å². The van der Waals surface area contributed by atoms with Crippen LogP contribution in [0.3, 0.4) is 0 Å². The van der Waals surface area contributed by atoms with E-state index >= 15 is 0 Å². The first-order valence-corrected chi connectivity index (χ1v) is 4.66. The Labute approximate surface area is 83.1 Å². The number of hydrogen-bond acceptors (Lipinski definition) is 3. The lowest BCUT2D eigenvalue weighted by Gasteiger charge is -2.13. The maximum Gasteiger partial charge on any atom is 0.140 e. The highest BCUT2D eigenvalue weighted by atomic mass is 14.8. The molecule has 0 aromatic carbocycles. The highest BCUT2D eigenvalue weighted by Crippen LogP contribution is 2.18. The molecule has 1 aromatic rings. The summed E-state index contributed by atoms with van der Waals surface area (Å²) < 4.78 is 0. The van der Waals surface area contributed by atoms with E-state index in [1.54, 1.807) is 12.3 Å². The van der Waals surface area contributed by atoms with Gasteiger partial charge in [0.15, 0.2) is 0 Å². The zero-order valence-electron chi connectivity index (χ0n) is 7.83. The second-order valence-electron chi connectivity index (χ2n) is 3.23. The zero-order valence-corrected chi connectivity index (χ0v) is 7.83. The Morgan fingerprint density at radius 3 is 2.93 bits per heavy atom. The van der Waals surface area contributed by atoms with Crippen molar-refractivity contribution in [2.24, 2.45) is 0 Å². The smallest absolute Gasteiger partial charge is 0.140 e. The van der Waals surface area contributed by atoms with Gasteiger partial charge in [-0.05, 0) is 30.2 Å². The molecule has 14 heavy (non-hydrogen) atoms. The molecule has 0 bridgehead atoms. The lowest BCUT2D eigenvalue weighted by Crippen LogP contribution is -2.20. The maximum atomic E-state index is 8.60. The number of nitrogens with one attached hydrogen (secondary N) is 1. The Hall–Kier alpha value is -1.66. The van der Waals surface area contributed by atoms with Crippen molar-refractivity contribution in [1.29, 1.82) is 5.26 Å². The van der Waals surface area contributed by atoms with E-state index in [-0.39, 0.29) is 0 Å². The molecule has 2 heterocycles. The minimum Gasteiger partial charge on any atom is -0.313 e. The van der Waals surface area contributed by atoms with Crippen LogP contribution in [-0.2, 0) is 0 Å². The fourth-order valence-corrected chi connectivity index (χ4v) is 1.53. The van der Waals surface area contributed by atoms with Crippen molar-refractivity contribution >= 4 is 5.57 Å². The van der Waals surface area contributed by atoms with Gasteiger partial charge in [-0.3, -0.25) is 0 Å². The van der Waals surface area contributed by atoms with Crippen LogP contribution in [-0.4, -0.2) is 18.1 Å². The average molecular weight is 185 g/mol. The van der Waals surface area contributed by atoms with E-state index in [1.165, 1.54) is 5.57 Å². The minimum atomic E-state index is 0.475. The average Bonchev–Trinajstić information content (AvgIpc) is 2.30. The summed E-state index contributed by atoms with van der Waals surface area (Å²) >= 11 is 0. The molecule has 2 rings (SSSR count). The first-order valence-electron chi connectivity index (χ1n) is 4.66. The largest absolute Gasteiger partial charge is 0.313 e. The van der Waals surface area contributed by atoms with Crippen molar-refractivity contribution < 1.29 is 0 Å². The standard InChI is InChI=1S/C11H11N3/c12-7-11-2-1-10(8-14-11)9-3-5-13-6-4-9/h1-3,8,13H,4-6H2. The molecule has 0 amide bonds. The van der Waals surface area contributed by atoms with Crippen LogP contribution in [0.5, 0.6) is 0 Å². The summed E-state index contributed by atoms with van der Waals surface area (Å²) in [4.78, 5) is 4.05. The van der Waals surface area contributed by atoms with E-state index in [4.69, 9.17) is 5.26 Å². The lowest BCUT2D eigenvalue weighted by atomic mass is 10.0. The maximum absolute atomic E-state index is 8.60. The third-order valence-corrected chi connectivity index (χ3v) is 2.31. The quantitative estimate of drug-likeness (QED) is 0.718. The van der Waals surface area contributed by atoms with Crippen LogP contribution in [0.15, 0.2) is 24.4 Å². The van der Waals surface area contributed by atoms with Crippen LogP contribution in [0.2, 0.25) is 0 Å². The van der Waals surface area contributed by atoms with Crippen molar-refractivity contribution in [2.75, 3.05) is 13.1 Å². The van der Waals surface area contributed by atoms with Crippen LogP contribution in [0.25, 0.3) is 5.57 Å². The van der Waals surface area contributed by atoms with Gasteiger partial charge in [0.25, 0.3) is 0 Å². The van der Waals surface area contributed by atoms with Crippen molar-refractivity contribution in [1.82, 2.24) is 10.3 Å². The van der Waals surface area contributed by atoms with E-state index in [0.29, 0.717) is 5.69 Å². The van der Waals surface area contributed by atoms with Gasteiger partial charge in [-0.1, -0.05) is 12.1 Å². The summed E-state index contributed by atoms with van der Waals surface area (Å²) in [6.07, 6.45) is 4.98. The molecule has 0 spiro atoms. The van der Waals surface area contributed by atoms with E-state index in [1.807, 2.05) is 12.1 Å². The second kappa shape index (κ2) is 4.03. The molecule has 1 aliphatic heterocycles. The number of rotatable bonds is 1. The molecule has 1 N–H and O–H groups in total. The fraction of sp³-hybridized carbons (Fsp3) is 0.273. The molecule has 0 fully saturated rings. The highest BCUT2D eigenvalue weighted by Gasteiger charge is 2.05. The van der Waals surface area contributed by atoms with Crippen LogP contribution >= 0.6 is 0 Å². The summed E-state index contributed by atoms with van der Waals surface area (Å²) in [6, 6.07) is 5.74. The molecule has 3 nitrogen and oxygen atoms in total. The first-order chi connectivity index (χ1) is 6.90. The van der Waals surface area contributed by atoms with Crippen molar-refractivity contribution in [3.05, 3.63) is 35.7 Å². The fourth-order valence-electron chi connectivity index (χ4n) is 1.53. The molecule has 0 saturated carbocycles.